The summed E-state index contributed by atoms with van der Waals surface area (Å²) >= 11 is 1.53. The summed E-state index contributed by atoms with van der Waals surface area (Å²) < 4.78 is 69.8. The predicted octanol–water partition coefficient (Wildman–Crippen LogP) is 3.82. The molecule has 0 aromatic carbocycles. The Labute approximate surface area is 133 Å². The summed E-state index contributed by atoms with van der Waals surface area (Å²) in [5, 5.41) is 16.0. The van der Waals surface area contributed by atoms with E-state index in [1.165, 1.54) is 20.9 Å². The van der Waals surface area contributed by atoms with Crippen molar-refractivity contribution in [3.63, 3.8) is 0 Å². The molecule has 0 aliphatic rings. The minimum Gasteiger partial charge on any atom is -0.377 e. The monoisotopic (exact) mass is 407 g/mol. The first-order valence-corrected chi connectivity index (χ1v) is 6.29. The number of alkyl halides is 6. The van der Waals surface area contributed by atoms with Gasteiger partial charge in [-0.25, -0.2) is 0 Å². The fourth-order valence-electron chi connectivity index (χ4n) is 0.186. The Morgan fingerprint density at radius 3 is 1.05 bits per heavy atom. The van der Waals surface area contributed by atoms with Crippen LogP contribution < -0.4 is 0 Å². The van der Waals surface area contributed by atoms with Crippen LogP contribution in [0.3, 0.4) is 0 Å². The Morgan fingerprint density at radius 2 is 1.05 bits per heavy atom. The van der Waals surface area contributed by atoms with Crippen molar-refractivity contribution in [1.82, 2.24) is 0 Å². The zero-order chi connectivity index (χ0) is 17.4. The van der Waals surface area contributed by atoms with E-state index >= 15 is 0 Å². The molecule has 3 nitrogen and oxygen atoms in total. The Balaban J connectivity index is -0.000000112. The number of halogens is 6. The van der Waals surface area contributed by atoms with Gasteiger partial charge in [0.1, 0.15) is 0 Å². The van der Waals surface area contributed by atoms with Crippen molar-refractivity contribution >= 4 is 0 Å². The zero-order valence-electron chi connectivity index (χ0n) is 12.7. The van der Waals surface area contributed by atoms with Gasteiger partial charge in [0.05, 0.1) is 5.60 Å². The summed E-state index contributed by atoms with van der Waals surface area (Å²) in [6.45, 7) is 9.37. The molecule has 0 radical (unpaired) electrons. The smallest absolute Gasteiger partial charge is 0.377 e. The maximum atomic E-state index is 11.0. The van der Waals surface area contributed by atoms with Crippen LogP contribution in [-0.4, -0.2) is 40.3 Å². The van der Waals surface area contributed by atoms with E-state index in [1.54, 1.807) is 20.8 Å². The quantitative estimate of drug-likeness (QED) is 0.395. The molecular formula is C11H22F6NNbO2-. The fraction of sp³-hybridized carbons (Fsp3) is 0.909. The molecule has 0 saturated heterocycles. The van der Waals surface area contributed by atoms with Crippen LogP contribution in [0.15, 0.2) is 3.34 Å². The van der Waals surface area contributed by atoms with Gasteiger partial charge in [-0.05, 0) is 20.8 Å². The number of aliphatic hydroxyl groups is 2. The first-order chi connectivity index (χ1) is 8.42. The first-order valence-electron chi connectivity index (χ1n) is 5.31. The molecule has 0 bridgehead atoms. The molecule has 131 valence electrons. The van der Waals surface area contributed by atoms with E-state index in [4.69, 9.17) is 10.2 Å². The molecule has 0 rings (SSSR count). The van der Waals surface area contributed by atoms with Gasteiger partial charge in [0.25, 0.3) is 0 Å². The summed E-state index contributed by atoms with van der Waals surface area (Å²) in [4.78, 5) is 0. The van der Waals surface area contributed by atoms with Gasteiger partial charge in [-0.15, -0.1) is 0 Å². The molecule has 2 N–H and O–H groups in total. The van der Waals surface area contributed by atoms with Crippen LogP contribution in [0, 0.1) is 7.43 Å². The van der Waals surface area contributed by atoms with Gasteiger partial charge < -0.3 is 17.6 Å². The van der Waals surface area contributed by atoms with Crippen molar-refractivity contribution in [1.29, 1.82) is 0 Å². The summed E-state index contributed by atoms with van der Waals surface area (Å²) in [7, 11) is 0. The van der Waals surface area contributed by atoms with Gasteiger partial charge in [0.15, 0.2) is 0 Å². The van der Waals surface area contributed by atoms with Gasteiger partial charge in [-0.2, -0.15) is 26.3 Å². The van der Waals surface area contributed by atoms with Crippen molar-refractivity contribution < 1.29 is 57.4 Å². The third-order valence-corrected chi connectivity index (χ3v) is 1.99. The number of aliphatic hydroxyl groups excluding tert-OH is 1. The minimum absolute atomic E-state index is 0. The molecule has 0 aromatic rings. The molecular weight excluding hydrogens is 385 g/mol. The standard InChI is InChI=1S/C4H10O.C3H2F6O.C3H7N.CH3.Nb/c1-4(2,3)5;4-2(5,6)1(10)3(7,8)9;1-3(2)4;;/h5H,1-3H3;1,10H;3H,1-2H3;1H3;/q;;;-1;. The van der Waals surface area contributed by atoms with Gasteiger partial charge in [0, 0.05) is 0 Å². The molecule has 0 spiro atoms. The molecule has 0 atom stereocenters. The molecule has 0 aliphatic carbocycles. The minimum atomic E-state index is -5.63. The Morgan fingerprint density at radius 1 is 0.905 bits per heavy atom. The van der Waals surface area contributed by atoms with Crippen LogP contribution in [0.2, 0.25) is 0 Å². The third kappa shape index (κ3) is 33.1. The molecule has 0 heterocycles. The van der Waals surface area contributed by atoms with E-state index in [0.29, 0.717) is 6.04 Å². The molecule has 0 amide bonds. The second-order valence-electron chi connectivity index (χ2n) is 4.87. The molecule has 0 aliphatic heterocycles. The second-order valence-corrected chi connectivity index (χ2v) is 5.43. The maximum Gasteiger partial charge on any atom is 0.423 e. The van der Waals surface area contributed by atoms with Crippen LogP contribution in [0.4, 0.5) is 26.3 Å². The number of hydrogen-bond acceptors (Lipinski definition) is 3. The van der Waals surface area contributed by atoms with E-state index in [-0.39, 0.29) is 7.43 Å². The van der Waals surface area contributed by atoms with E-state index in [2.05, 4.69) is 17.2 Å². The van der Waals surface area contributed by atoms with E-state index in [9.17, 15) is 26.3 Å². The van der Waals surface area contributed by atoms with Gasteiger partial charge in [0.2, 0.25) is 6.10 Å². The number of rotatable bonds is 1. The molecule has 0 fully saturated rings. The fourth-order valence-corrected chi connectivity index (χ4v) is 0.186. The van der Waals surface area contributed by atoms with Gasteiger partial charge >= 0.3 is 56.5 Å². The summed E-state index contributed by atoms with van der Waals surface area (Å²) in [5.74, 6) is 0. The van der Waals surface area contributed by atoms with Gasteiger partial charge in [-0.3, -0.25) is 0 Å². The van der Waals surface area contributed by atoms with E-state index in [0.717, 1.165) is 0 Å². The van der Waals surface area contributed by atoms with Crippen molar-refractivity contribution in [2.45, 2.75) is 64.7 Å². The van der Waals surface area contributed by atoms with Crippen LogP contribution in [-0.2, 0) is 20.9 Å². The van der Waals surface area contributed by atoms with Crippen LogP contribution in [0.5, 0.6) is 0 Å². The predicted molar refractivity (Wildman–Crippen MR) is 64.1 cm³/mol. The summed E-state index contributed by atoms with van der Waals surface area (Å²) in [6.07, 6.45) is -15.5. The number of hydrogen-bond donors (Lipinski definition) is 2. The SMILES string of the molecule is CC(C)(C)O.CC(C)[N]=[Nb].OC(C(F)(F)F)C(F)(F)F.[CH3-]. The summed E-state index contributed by atoms with van der Waals surface area (Å²) in [6, 6.07) is 0.531. The second kappa shape index (κ2) is 11.6. The molecule has 0 unspecified atom stereocenters. The molecule has 21 heavy (non-hydrogen) atoms. The van der Waals surface area contributed by atoms with Crippen molar-refractivity contribution in [2.75, 3.05) is 0 Å². The molecule has 0 saturated carbocycles. The normalized spacial score (nSPS) is 11.7. The zero-order valence-corrected chi connectivity index (χ0v) is 14.9. The van der Waals surface area contributed by atoms with Crippen molar-refractivity contribution in [2.24, 2.45) is 3.34 Å². The largest absolute Gasteiger partial charge is 0.423 e. The Hall–Kier alpha value is 0.0403. The van der Waals surface area contributed by atoms with Crippen molar-refractivity contribution in [3.05, 3.63) is 7.43 Å². The Bertz CT molecular complexity index is 241. The van der Waals surface area contributed by atoms with Crippen molar-refractivity contribution in [3.8, 4) is 0 Å². The Kier molecular flexibility index (Phi) is 16.1. The van der Waals surface area contributed by atoms with Gasteiger partial charge in [-0.1, -0.05) is 0 Å². The average molecular weight is 407 g/mol. The maximum absolute atomic E-state index is 11.0. The van der Waals surface area contributed by atoms with Crippen LogP contribution in [0.25, 0.3) is 0 Å². The van der Waals surface area contributed by atoms with Crippen LogP contribution >= 0.6 is 0 Å². The number of nitrogens with zero attached hydrogens (tertiary/aromatic N) is 1. The topological polar surface area (TPSA) is 52.8 Å². The van der Waals surface area contributed by atoms with E-state index in [1.807, 2.05) is 0 Å². The third-order valence-electron chi connectivity index (χ3n) is 0.851. The molecule has 0 aromatic heterocycles. The summed E-state index contributed by atoms with van der Waals surface area (Å²) in [5.41, 5.74) is -0.500. The molecule has 10 heteroatoms. The average Bonchev–Trinajstić information content (AvgIpc) is 2.12. The van der Waals surface area contributed by atoms with E-state index < -0.39 is 24.1 Å². The first kappa shape index (κ1) is 29.1. The van der Waals surface area contributed by atoms with Crippen LogP contribution in [0.1, 0.15) is 34.6 Å².